The van der Waals surface area contributed by atoms with Crippen molar-refractivity contribution in [3.8, 4) is 22.9 Å². The maximum absolute atomic E-state index is 5.21. The number of benzene rings is 2. The Hall–Kier alpha value is -2.47. The fourth-order valence-electron chi connectivity index (χ4n) is 2.50. The van der Waals surface area contributed by atoms with Gasteiger partial charge in [-0.3, -0.25) is 0 Å². The quantitative estimate of drug-likeness (QED) is 0.592. The van der Waals surface area contributed by atoms with Crippen molar-refractivity contribution < 1.29 is 9.47 Å². The van der Waals surface area contributed by atoms with Crippen LogP contribution in [-0.4, -0.2) is 29.0 Å². The summed E-state index contributed by atoms with van der Waals surface area (Å²) >= 11 is 1.69. The highest BCUT2D eigenvalue weighted by molar-refractivity contribution is 7.98. The van der Waals surface area contributed by atoms with E-state index in [9.17, 15) is 0 Å². The summed E-state index contributed by atoms with van der Waals surface area (Å²) < 4.78 is 12.5. The number of thioether (sulfide) groups is 1. The van der Waals surface area contributed by atoms with Gasteiger partial charge in [-0.15, -0.1) is 10.2 Å². The molecule has 130 valence electrons. The molecule has 6 heteroatoms. The van der Waals surface area contributed by atoms with Gasteiger partial charge in [-0.2, -0.15) is 0 Å². The summed E-state index contributed by atoms with van der Waals surface area (Å²) in [6, 6.07) is 16.0. The predicted octanol–water partition coefficient (Wildman–Crippen LogP) is 4.27. The predicted molar refractivity (Wildman–Crippen MR) is 100 cm³/mol. The van der Waals surface area contributed by atoms with E-state index < -0.39 is 0 Å². The third kappa shape index (κ3) is 3.96. The molecule has 1 aromatic heterocycles. The standard InChI is InChI=1S/C19H21N3O2S/c1-4-22-18(15-7-11-17(24-3)12-8-15)20-21-19(22)25-13-14-5-9-16(23-2)10-6-14/h5-12H,4,13H2,1-3H3. The Morgan fingerprint density at radius 2 is 1.48 bits per heavy atom. The third-order valence-corrected chi connectivity index (χ3v) is 4.95. The Balaban J connectivity index is 1.76. The van der Waals surface area contributed by atoms with Gasteiger partial charge in [0.25, 0.3) is 0 Å². The van der Waals surface area contributed by atoms with E-state index in [0.29, 0.717) is 0 Å². The van der Waals surface area contributed by atoms with Crippen LogP contribution in [0.5, 0.6) is 11.5 Å². The molecule has 0 aliphatic carbocycles. The van der Waals surface area contributed by atoms with Crippen LogP contribution in [-0.2, 0) is 12.3 Å². The third-order valence-electron chi connectivity index (χ3n) is 3.91. The maximum Gasteiger partial charge on any atom is 0.191 e. The van der Waals surface area contributed by atoms with Crippen molar-refractivity contribution in [1.29, 1.82) is 0 Å². The van der Waals surface area contributed by atoms with Gasteiger partial charge in [-0.25, -0.2) is 0 Å². The summed E-state index contributed by atoms with van der Waals surface area (Å²) in [6.45, 7) is 2.92. The van der Waals surface area contributed by atoms with Gasteiger partial charge in [0.1, 0.15) is 11.5 Å². The first-order valence-electron chi connectivity index (χ1n) is 8.08. The van der Waals surface area contributed by atoms with Gasteiger partial charge in [0.05, 0.1) is 14.2 Å². The molecule has 0 N–H and O–H groups in total. The lowest BCUT2D eigenvalue weighted by Crippen LogP contribution is -2.00. The molecule has 0 fully saturated rings. The molecule has 2 aromatic carbocycles. The number of methoxy groups -OCH3 is 2. The lowest BCUT2D eigenvalue weighted by molar-refractivity contribution is 0.414. The first-order chi connectivity index (χ1) is 12.2. The molecule has 0 bridgehead atoms. The maximum atomic E-state index is 5.21. The van der Waals surface area contributed by atoms with E-state index in [1.54, 1.807) is 26.0 Å². The Labute approximate surface area is 152 Å². The van der Waals surface area contributed by atoms with Crippen LogP contribution in [0.1, 0.15) is 12.5 Å². The fraction of sp³-hybridized carbons (Fsp3) is 0.263. The van der Waals surface area contributed by atoms with Crippen molar-refractivity contribution in [3.63, 3.8) is 0 Å². The van der Waals surface area contributed by atoms with Crippen molar-refractivity contribution >= 4 is 11.8 Å². The van der Waals surface area contributed by atoms with Crippen LogP contribution < -0.4 is 9.47 Å². The normalized spacial score (nSPS) is 10.7. The van der Waals surface area contributed by atoms with Crippen LogP contribution in [0.15, 0.2) is 53.7 Å². The van der Waals surface area contributed by atoms with Crippen LogP contribution in [0, 0.1) is 0 Å². The fourth-order valence-corrected chi connectivity index (χ4v) is 3.46. The average molecular weight is 355 g/mol. The van der Waals surface area contributed by atoms with Gasteiger partial charge in [0.15, 0.2) is 11.0 Å². The molecule has 0 atom stereocenters. The molecule has 3 rings (SSSR count). The Morgan fingerprint density at radius 3 is 2.04 bits per heavy atom. The van der Waals surface area contributed by atoms with Gasteiger partial charge in [0.2, 0.25) is 0 Å². The number of hydrogen-bond donors (Lipinski definition) is 0. The SMILES string of the molecule is CCn1c(SCc2ccc(OC)cc2)nnc1-c1ccc(OC)cc1. The molecular formula is C19H21N3O2S. The van der Waals surface area contributed by atoms with E-state index in [0.717, 1.165) is 40.3 Å². The first kappa shape index (κ1) is 17.4. The summed E-state index contributed by atoms with van der Waals surface area (Å²) in [5, 5.41) is 9.68. The molecule has 0 unspecified atom stereocenters. The second-order valence-corrected chi connectivity index (χ2v) is 6.36. The molecule has 0 radical (unpaired) electrons. The van der Waals surface area contributed by atoms with E-state index in [-0.39, 0.29) is 0 Å². The molecule has 3 aromatic rings. The summed E-state index contributed by atoms with van der Waals surface area (Å²) in [7, 11) is 3.34. The highest BCUT2D eigenvalue weighted by atomic mass is 32.2. The van der Waals surface area contributed by atoms with Gasteiger partial charge in [-0.05, 0) is 48.9 Å². The number of nitrogens with zero attached hydrogens (tertiary/aromatic N) is 3. The topological polar surface area (TPSA) is 49.2 Å². The summed E-state index contributed by atoms with van der Waals surface area (Å²) in [5.41, 5.74) is 2.26. The van der Waals surface area contributed by atoms with E-state index in [2.05, 4.69) is 33.8 Å². The Kier molecular flexibility index (Phi) is 5.60. The largest absolute Gasteiger partial charge is 0.497 e. The number of hydrogen-bond acceptors (Lipinski definition) is 5. The van der Waals surface area contributed by atoms with E-state index in [4.69, 9.17) is 9.47 Å². The molecule has 0 spiro atoms. The van der Waals surface area contributed by atoms with E-state index >= 15 is 0 Å². The van der Waals surface area contributed by atoms with Crippen LogP contribution in [0.4, 0.5) is 0 Å². The molecular weight excluding hydrogens is 334 g/mol. The highest BCUT2D eigenvalue weighted by Crippen LogP contribution is 2.27. The Bertz CT molecular complexity index is 814. The molecule has 0 saturated carbocycles. The minimum atomic E-state index is 0.819. The van der Waals surface area contributed by atoms with Crippen LogP contribution in [0.25, 0.3) is 11.4 Å². The van der Waals surface area contributed by atoms with E-state index in [1.807, 2.05) is 36.4 Å². The number of aromatic nitrogens is 3. The Morgan fingerprint density at radius 1 is 0.880 bits per heavy atom. The second kappa shape index (κ2) is 8.07. The second-order valence-electron chi connectivity index (χ2n) is 5.42. The molecule has 0 amide bonds. The molecule has 0 aliphatic heterocycles. The number of rotatable bonds is 7. The summed E-state index contributed by atoms with van der Waals surface area (Å²) in [6.07, 6.45) is 0. The van der Waals surface area contributed by atoms with Gasteiger partial charge in [-0.1, -0.05) is 23.9 Å². The highest BCUT2D eigenvalue weighted by Gasteiger charge is 2.13. The minimum Gasteiger partial charge on any atom is -0.497 e. The van der Waals surface area contributed by atoms with E-state index in [1.165, 1.54) is 5.56 Å². The molecule has 1 heterocycles. The van der Waals surface area contributed by atoms with Crippen molar-refractivity contribution in [2.45, 2.75) is 24.4 Å². The van der Waals surface area contributed by atoms with Crippen molar-refractivity contribution in [1.82, 2.24) is 14.8 Å². The zero-order valence-electron chi connectivity index (χ0n) is 14.6. The minimum absolute atomic E-state index is 0.819. The van der Waals surface area contributed by atoms with Crippen molar-refractivity contribution in [2.75, 3.05) is 14.2 Å². The monoisotopic (exact) mass is 355 g/mol. The van der Waals surface area contributed by atoms with Gasteiger partial charge in [0, 0.05) is 17.9 Å². The van der Waals surface area contributed by atoms with Crippen LogP contribution in [0.3, 0.4) is 0 Å². The lowest BCUT2D eigenvalue weighted by Gasteiger charge is -2.08. The van der Waals surface area contributed by atoms with Crippen molar-refractivity contribution in [2.24, 2.45) is 0 Å². The zero-order valence-corrected chi connectivity index (χ0v) is 15.4. The lowest BCUT2D eigenvalue weighted by atomic mass is 10.2. The smallest absolute Gasteiger partial charge is 0.191 e. The number of ether oxygens (including phenoxy) is 2. The molecule has 5 nitrogen and oxygen atoms in total. The molecule has 25 heavy (non-hydrogen) atoms. The molecule has 0 saturated heterocycles. The van der Waals surface area contributed by atoms with Crippen molar-refractivity contribution in [3.05, 3.63) is 54.1 Å². The van der Waals surface area contributed by atoms with Crippen LogP contribution >= 0.6 is 11.8 Å². The van der Waals surface area contributed by atoms with Crippen LogP contribution in [0.2, 0.25) is 0 Å². The van der Waals surface area contributed by atoms with Gasteiger partial charge < -0.3 is 14.0 Å². The van der Waals surface area contributed by atoms with Gasteiger partial charge >= 0.3 is 0 Å². The first-order valence-corrected chi connectivity index (χ1v) is 9.07. The molecule has 0 aliphatic rings. The zero-order chi connectivity index (χ0) is 17.6. The average Bonchev–Trinajstić information content (AvgIpc) is 3.09. The summed E-state index contributed by atoms with van der Waals surface area (Å²) in [4.78, 5) is 0. The summed E-state index contributed by atoms with van der Waals surface area (Å²) in [5.74, 6) is 3.42.